The standard InChI is InChI=1S/C5H9NO4S2/c7-5(8)1-4(2-11)6-3-12(9)10/h2,4,6H,1,3H2,(H,7,8)(H,9,10)/p-1. The van der Waals surface area contributed by atoms with Gasteiger partial charge in [-0.1, -0.05) is 12.2 Å². The zero-order valence-corrected chi connectivity index (χ0v) is 7.69. The predicted octanol–water partition coefficient (Wildman–Crippen LogP) is -0.744. The molecule has 0 aliphatic heterocycles. The molecule has 0 aromatic rings. The van der Waals surface area contributed by atoms with Crippen molar-refractivity contribution in [3.8, 4) is 0 Å². The Balaban J connectivity index is 3.75. The second-order valence-electron chi connectivity index (χ2n) is 1.99. The Bertz CT molecular complexity index is 196. The minimum Gasteiger partial charge on any atom is -0.771 e. The normalized spacial score (nSPS) is 15.1. The Morgan fingerprint density at radius 3 is 2.75 bits per heavy atom. The average Bonchev–Trinajstić information content (AvgIpc) is 1.97. The van der Waals surface area contributed by atoms with Gasteiger partial charge >= 0.3 is 5.97 Å². The van der Waals surface area contributed by atoms with Crippen LogP contribution in [0, 0.1) is 0 Å². The maximum atomic E-state index is 10.2. The number of hydrogen-bond acceptors (Lipinski definition) is 5. The molecule has 0 rings (SSSR count). The summed E-state index contributed by atoms with van der Waals surface area (Å²) in [6, 6.07) is -0.574. The summed E-state index contributed by atoms with van der Waals surface area (Å²) in [5.74, 6) is -1.31. The van der Waals surface area contributed by atoms with E-state index in [1.165, 1.54) is 5.37 Å². The van der Waals surface area contributed by atoms with Crippen LogP contribution in [0.15, 0.2) is 0 Å². The lowest BCUT2D eigenvalue weighted by molar-refractivity contribution is -0.137. The molecule has 0 saturated carbocycles. The largest absolute Gasteiger partial charge is 0.771 e. The molecule has 0 bridgehead atoms. The first-order valence-corrected chi connectivity index (χ1v) is 4.74. The lowest BCUT2D eigenvalue weighted by Gasteiger charge is -2.12. The SMILES string of the molecule is O=C(O)CC(C=S)NCS(=O)[O-]. The first-order valence-electron chi connectivity index (χ1n) is 3.02. The van der Waals surface area contributed by atoms with Gasteiger partial charge in [-0.05, 0) is 16.4 Å². The molecule has 12 heavy (non-hydrogen) atoms. The molecule has 0 aromatic carbocycles. The van der Waals surface area contributed by atoms with E-state index in [0.717, 1.165) is 0 Å². The van der Waals surface area contributed by atoms with Gasteiger partial charge in [-0.3, -0.25) is 14.3 Å². The second-order valence-corrected chi connectivity index (χ2v) is 3.16. The Labute approximate surface area is 77.4 Å². The first-order chi connectivity index (χ1) is 5.56. The van der Waals surface area contributed by atoms with Gasteiger partial charge in [-0.15, -0.1) is 0 Å². The number of nitrogens with one attached hydrogen (secondary N) is 1. The van der Waals surface area contributed by atoms with Gasteiger partial charge in [0.15, 0.2) is 0 Å². The molecule has 0 aromatic heterocycles. The molecule has 0 aliphatic carbocycles. The fourth-order valence-electron chi connectivity index (χ4n) is 0.532. The molecule has 2 atom stereocenters. The molecule has 0 spiro atoms. The predicted molar refractivity (Wildman–Crippen MR) is 46.6 cm³/mol. The van der Waals surface area contributed by atoms with Crippen molar-refractivity contribution < 1.29 is 18.7 Å². The lowest BCUT2D eigenvalue weighted by atomic mass is 10.2. The number of rotatable bonds is 6. The summed E-state index contributed by atoms with van der Waals surface area (Å²) in [6.07, 6.45) is -0.208. The van der Waals surface area contributed by atoms with Crippen LogP contribution < -0.4 is 5.32 Å². The number of carboxylic acids is 1. The molecule has 0 fully saturated rings. The van der Waals surface area contributed by atoms with Gasteiger partial charge in [0.2, 0.25) is 0 Å². The van der Waals surface area contributed by atoms with Gasteiger partial charge in [0.1, 0.15) is 0 Å². The van der Waals surface area contributed by atoms with Crippen LogP contribution in [-0.4, -0.2) is 37.1 Å². The number of hydrogen-bond donors (Lipinski definition) is 2. The van der Waals surface area contributed by atoms with E-state index in [9.17, 15) is 13.6 Å². The van der Waals surface area contributed by atoms with Crippen molar-refractivity contribution in [2.24, 2.45) is 0 Å². The van der Waals surface area contributed by atoms with Gasteiger partial charge in [0, 0.05) is 6.04 Å². The quantitative estimate of drug-likeness (QED) is 0.443. The first kappa shape index (κ1) is 11.6. The zero-order chi connectivity index (χ0) is 9.56. The van der Waals surface area contributed by atoms with Crippen molar-refractivity contribution in [3.05, 3.63) is 0 Å². The Morgan fingerprint density at radius 1 is 1.83 bits per heavy atom. The molecule has 7 heteroatoms. The van der Waals surface area contributed by atoms with Crippen LogP contribution in [0.4, 0.5) is 0 Å². The molecule has 2 unspecified atom stereocenters. The second kappa shape index (κ2) is 6.18. The van der Waals surface area contributed by atoms with Crippen molar-refractivity contribution in [3.63, 3.8) is 0 Å². The highest BCUT2D eigenvalue weighted by molar-refractivity contribution is 7.79. The molecule has 0 saturated heterocycles. The van der Waals surface area contributed by atoms with Gasteiger partial charge in [0.05, 0.1) is 12.3 Å². The summed E-state index contributed by atoms with van der Waals surface area (Å²) in [6.45, 7) is 0. The van der Waals surface area contributed by atoms with E-state index < -0.39 is 23.1 Å². The van der Waals surface area contributed by atoms with Gasteiger partial charge in [-0.25, -0.2) is 0 Å². The van der Waals surface area contributed by atoms with Crippen LogP contribution >= 0.6 is 12.2 Å². The maximum Gasteiger partial charge on any atom is 0.305 e. The summed E-state index contributed by atoms with van der Waals surface area (Å²) in [7, 11) is 0. The molecule has 2 N–H and O–H groups in total. The number of thiocarbonyl (C=S) groups is 1. The number of carbonyl (C=O) groups is 1. The van der Waals surface area contributed by atoms with E-state index in [1.54, 1.807) is 0 Å². The fourth-order valence-corrected chi connectivity index (χ4v) is 1.07. The van der Waals surface area contributed by atoms with Crippen LogP contribution in [0.25, 0.3) is 0 Å². The summed E-state index contributed by atoms with van der Waals surface area (Å²) in [4.78, 5) is 10.2. The third-order valence-corrected chi connectivity index (χ3v) is 1.75. The van der Waals surface area contributed by atoms with E-state index in [-0.39, 0.29) is 12.3 Å². The monoisotopic (exact) mass is 210 g/mol. The van der Waals surface area contributed by atoms with Gasteiger partial charge in [-0.2, -0.15) is 0 Å². The Kier molecular flexibility index (Phi) is 5.99. The molecular weight excluding hydrogens is 202 g/mol. The van der Waals surface area contributed by atoms with Crippen LogP contribution in [0.1, 0.15) is 6.42 Å². The van der Waals surface area contributed by atoms with Crippen molar-refractivity contribution in [1.29, 1.82) is 0 Å². The molecule has 70 valence electrons. The zero-order valence-electron chi connectivity index (χ0n) is 6.06. The van der Waals surface area contributed by atoms with Crippen LogP contribution in [0.2, 0.25) is 0 Å². The molecule has 0 amide bonds. The highest BCUT2D eigenvalue weighted by Crippen LogP contribution is 1.89. The summed E-state index contributed by atoms with van der Waals surface area (Å²) in [5.41, 5.74) is 0. The Hall–Kier alpha value is -0.370. The summed E-state index contributed by atoms with van der Waals surface area (Å²) in [5, 5.41) is 12.0. The summed E-state index contributed by atoms with van der Waals surface area (Å²) < 4.78 is 20.1. The van der Waals surface area contributed by atoms with E-state index in [4.69, 9.17) is 5.11 Å². The van der Waals surface area contributed by atoms with Gasteiger partial charge < -0.3 is 9.66 Å². The van der Waals surface area contributed by atoms with Crippen LogP contribution in [-0.2, 0) is 15.9 Å². The minimum atomic E-state index is -2.22. The lowest BCUT2D eigenvalue weighted by Crippen LogP contribution is -2.34. The molecular formula is C5H8NO4S2-. The van der Waals surface area contributed by atoms with E-state index in [0.29, 0.717) is 0 Å². The minimum absolute atomic E-state index is 0.208. The van der Waals surface area contributed by atoms with E-state index >= 15 is 0 Å². The molecule has 0 aliphatic rings. The molecule has 0 radical (unpaired) electrons. The average molecular weight is 210 g/mol. The number of carboxylic acid groups (broad SMARTS) is 1. The maximum absolute atomic E-state index is 10.2. The fraction of sp³-hybridized carbons (Fsp3) is 0.600. The topological polar surface area (TPSA) is 89.5 Å². The van der Waals surface area contributed by atoms with Crippen LogP contribution in [0.3, 0.4) is 0 Å². The van der Waals surface area contributed by atoms with Crippen LogP contribution in [0.5, 0.6) is 0 Å². The van der Waals surface area contributed by atoms with Crippen molar-refractivity contribution >= 4 is 34.6 Å². The number of aliphatic carboxylic acids is 1. The molecule has 0 heterocycles. The Morgan fingerprint density at radius 2 is 2.42 bits per heavy atom. The van der Waals surface area contributed by atoms with Crippen molar-refractivity contribution in [2.45, 2.75) is 12.5 Å². The van der Waals surface area contributed by atoms with Crippen molar-refractivity contribution in [2.75, 3.05) is 5.88 Å². The van der Waals surface area contributed by atoms with E-state index in [2.05, 4.69) is 17.5 Å². The van der Waals surface area contributed by atoms with Crippen molar-refractivity contribution in [1.82, 2.24) is 5.32 Å². The third kappa shape index (κ3) is 6.35. The highest BCUT2D eigenvalue weighted by Gasteiger charge is 2.08. The summed E-state index contributed by atoms with van der Waals surface area (Å²) >= 11 is 2.27. The van der Waals surface area contributed by atoms with E-state index in [1.807, 2.05) is 0 Å². The third-order valence-electron chi connectivity index (χ3n) is 1.02. The van der Waals surface area contributed by atoms with Gasteiger partial charge in [0.25, 0.3) is 0 Å². The molecule has 5 nitrogen and oxygen atoms in total. The smallest absolute Gasteiger partial charge is 0.305 e. The highest BCUT2D eigenvalue weighted by atomic mass is 32.2.